The summed E-state index contributed by atoms with van der Waals surface area (Å²) in [5.41, 5.74) is -0.900. The minimum Gasteiger partial charge on any atom is -0.365 e. The van der Waals surface area contributed by atoms with Gasteiger partial charge in [0.1, 0.15) is 5.82 Å². The van der Waals surface area contributed by atoms with E-state index in [4.69, 9.17) is 16.3 Å². The number of alkyl halides is 3. The summed E-state index contributed by atoms with van der Waals surface area (Å²) in [5.74, 6) is 0.0208. The van der Waals surface area contributed by atoms with Gasteiger partial charge in [0.15, 0.2) is 6.10 Å². The lowest BCUT2D eigenvalue weighted by molar-refractivity contribution is -0.137. The van der Waals surface area contributed by atoms with Crippen LogP contribution in [0.3, 0.4) is 0 Å². The van der Waals surface area contributed by atoms with Gasteiger partial charge in [0.2, 0.25) is 0 Å². The zero-order chi connectivity index (χ0) is 16.6. The molecule has 2 fully saturated rings. The standard InChI is InChI=1S/C14H15ClF3N3O2/c15-10-5-8(14(16,17)18)6-19-12(10)21-3-4-23-11(7-21)13(22)20-9-1-2-9/h5-6,9,11H,1-4,7H2,(H,20,22). The Morgan fingerprint density at radius 2 is 2.17 bits per heavy atom. The summed E-state index contributed by atoms with van der Waals surface area (Å²) in [6.45, 7) is 0.893. The first kappa shape index (κ1) is 16.3. The first-order valence-corrected chi connectivity index (χ1v) is 7.62. The van der Waals surface area contributed by atoms with Crippen molar-refractivity contribution in [3.05, 3.63) is 22.8 Å². The number of pyridine rings is 1. The molecule has 1 aromatic heterocycles. The van der Waals surface area contributed by atoms with Gasteiger partial charge in [-0.05, 0) is 18.9 Å². The van der Waals surface area contributed by atoms with E-state index in [2.05, 4.69) is 10.3 Å². The first-order valence-electron chi connectivity index (χ1n) is 7.24. The second-order valence-electron chi connectivity index (χ2n) is 5.62. The van der Waals surface area contributed by atoms with E-state index >= 15 is 0 Å². The van der Waals surface area contributed by atoms with Crippen LogP contribution in [0.25, 0.3) is 0 Å². The van der Waals surface area contributed by atoms with Gasteiger partial charge in [0.05, 0.1) is 23.7 Å². The number of hydrogen-bond acceptors (Lipinski definition) is 4. The van der Waals surface area contributed by atoms with E-state index in [1.165, 1.54) is 0 Å². The molecule has 0 aromatic carbocycles. The number of aromatic nitrogens is 1. The highest BCUT2D eigenvalue weighted by Crippen LogP contribution is 2.34. The number of carbonyl (C=O) groups is 1. The molecule has 1 N–H and O–H groups in total. The lowest BCUT2D eigenvalue weighted by Crippen LogP contribution is -2.50. The SMILES string of the molecule is O=C(NC1CC1)C1CN(c2ncc(C(F)(F)F)cc2Cl)CCO1. The fourth-order valence-corrected chi connectivity index (χ4v) is 2.63. The minimum absolute atomic E-state index is 0.0944. The Bertz CT molecular complexity index is 607. The van der Waals surface area contributed by atoms with E-state index < -0.39 is 17.8 Å². The van der Waals surface area contributed by atoms with Gasteiger partial charge in [-0.25, -0.2) is 4.98 Å². The minimum atomic E-state index is -4.49. The molecule has 0 bridgehead atoms. The van der Waals surface area contributed by atoms with Crippen molar-refractivity contribution >= 4 is 23.3 Å². The Kier molecular flexibility index (Phi) is 4.37. The van der Waals surface area contributed by atoms with Crippen LogP contribution in [0.1, 0.15) is 18.4 Å². The highest BCUT2D eigenvalue weighted by atomic mass is 35.5. The van der Waals surface area contributed by atoms with Crippen molar-refractivity contribution in [2.24, 2.45) is 0 Å². The third kappa shape index (κ3) is 3.87. The summed E-state index contributed by atoms with van der Waals surface area (Å²) < 4.78 is 43.4. The van der Waals surface area contributed by atoms with Crippen molar-refractivity contribution in [2.45, 2.75) is 31.2 Å². The number of morpholine rings is 1. The van der Waals surface area contributed by atoms with Crippen LogP contribution in [0.2, 0.25) is 5.02 Å². The molecule has 126 valence electrons. The van der Waals surface area contributed by atoms with E-state index in [0.29, 0.717) is 6.54 Å². The summed E-state index contributed by atoms with van der Waals surface area (Å²) in [5, 5.41) is 2.75. The molecule has 2 aliphatic rings. The largest absolute Gasteiger partial charge is 0.417 e. The number of nitrogens with zero attached hydrogens (tertiary/aromatic N) is 2. The highest BCUT2D eigenvalue weighted by Gasteiger charge is 2.34. The quantitative estimate of drug-likeness (QED) is 0.909. The van der Waals surface area contributed by atoms with Gasteiger partial charge < -0.3 is 15.0 Å². The van der Waals surface area contributed by atoms with Crippen LogP contribution >= 0.6 is 11.6 Å². The van der Waals surface area contributed by atoms with Crippen LogP contribution in [-0.4, -0.2) is 42.7 Å². The number of anilines is 1. The second kappa shape index (κ2) is 6.16. The monoisotopic (exact) mass is 349 g/mol. The van der Waals surface area contributed by atoms with Crippen molar-refractivity contribution in [3.8, 4) is 0 Å². The van der Waals surface area contributed by atoms with E-state index in [0.717, 1.165) is 25.1 Å². The molecule has 5 nitrogen and oxygen atoms in total. The molecule has 9 heteroatoms. The predicted octanol–water partition coefficient (Wildman–Crippen LogP) is 2.24. The Balaban J connectivity index is 1.71. The molecule has 1 atom stereocenters. The normalized spacial score (nSPS) is 22.1. The van der Waals surface area contributed by atoms with Gasteiger partial charge >= 0.3 is 6.18 Å². The smallest absolute Gasteiger partial charge is 0.365 e. The third-order valence-corrected chi connectivity index (χ3v) is 4.01. The number of ether oxygens (including phenoxy) is 1. The molecule has 1 saturated heterocycles. The molecule has 1 aromatic rings. The van der Waals surface area contributed by atoms with E-state index in [-0.39, 0.29) is 35.9 Å². The Morgan fingerprint density at radius 3 is 2.78 bits per heavy atom. The number of amides is 1. The Labute approximate surface area is 135 Å². The van der Waals surface area contributed by atoms with E-state index in [1.54, 1.807) is 4.90 Å². The first-order chi connectivity index (χ1) is 10.8. The molecule has 1 saturated carbocycles. The van der Waals surface area contributed by atoms with Crippen LogP contribution in [-0.2, 0) is 15.7 Å². The third-order valence-electron chi connectivity index (χ3n) is 3.73. The predicted molar refractivity (Wildman–Crippen MR) is 77.4 cm³/mol. The fourth-order valence-electron chi connectivity index (χ4n) is 2.34. The lowest BCUT2D eigenvalue weighted by atomic mass is 10.2. The van der Waals surface area contributed by atoms with E-state index in [9.17, 15) is 18.0 Å². The van der Waals surface area contributed by atoms with Gasteiger partial charge in [0.25, 0.3) is 5.91 Å². The van der Waals surface area contributed by atoms with Crippen LogP contribution in [0.5, 0.6) is 0 Å². The van der Waals surface area contributed by atoms with Gasteiger partial charge in [-0.1, -0.05) is 11.6 Å². The molecule has 1 aliphatic carbocycles. The van der Waals surface area contributed by atoms with Gasteiger partial charge in [-0.3, -0.25) is 4.79 Å². The molecule has 0 radical (unpaired) electrons. The molecule has 3 rings (SSSR count). The van der Waals surface area contributed by atoms with Crippen LogP contribution < -0.4 is 10.2 Å². The Morgan fingerprint density at radius 1 is 1.43 bits per heavy atom. The number of halogens is 4. The average molecular weight is 350 g/mol. The summed E-state index contributed by atoms with van der Waals surface area (Å²) >= 11 is 5.94. The molecule has 1 aliphatic heterocycles. The Hall–Kier alpha value is -1.54. The topological polar surface area (TPSA) is 54.5 Å². The van der Waals surface area contributed by atoms with Gasteiger partial charge in [-0.15, -0.1) is 0 Å². The highest BCUT2D eigenvalue weighted by molar-refractivity contribution is 6.33. The summed E-state index contributed by atoms with van der Waals surface area (Å²) in [6, 6.07) is 1.06. The molecule has 23 heavy (non-hydrogen) atoms. The zero-order valence-corrected chi connectivity index (χ0v) is 12.8. The average Bonchev–Trinajstić information content (AvgIpc) is 3.30. The number of hydrogen-bond donors (Lipinski definition) is 1. The number of carbonyl (C=O) groups excluding carboxylic acids is 1. The van der Waals surface area contributed by atoms with Gasteiger partial charge in [-0.2, -0.15) is 13.2 Å². The van der Waals surface area contributed by atoms with Crippen LogP contribution in [0.15, 0.2) is 12.3 Å². The molecule has 1 unspecified atom stereocenters. The van der Waals surface area contributed by atoms with Crippen molar-refractivity contribution in [3.63, 3.8) is 0 Å². The van der Waals surface area contributed by atoms with Crippen molar-refractivity contribution in [2.75, 3.05) is 24.6 Å². The summed E-state index contributed by atoms with van der Waals surface area (Å²) in [7, 11) is 0. The fraction of sp³-hybridized carbons (Fsp3) is 0.571. The van der Waals surface area contributed by atoms with E-state index in [1.807, 2.05) is 0 Å². The van der Waals surface area contributed by atoms with Crippen LogP contribution in [0, 0.1) is 0 Å². The molecular weight excluding hydrogens is 335 g/mol. The maximum atomic E-state index is 12.7. The molecule has 0 spiro atoms. The maximum Gasteiger partial charge on any atom is 0.417 e. The molecule has 2 heterocycles. The van der Waals surface area contributed by atoms with Crippen molar-refractivity contribution < 1.29 is 22.7 Å². The maximum absolute atomic E-state index is 12.7. The van der Waals surface area contributed by atoms with Crippen molar-refractivity contribution in [1.29, 1.82) is 0 Å². The molecule has 1 amide bonds. The summed E-state index contributed by atoms with van der Waals surface area (Å²) in [6.07, 6.45) is -2.49. The van der Waals surface area contributed by atoms with Crippen molar-refractivity contribution in [1.82, 2.24) is 10.3 Å². The zero-order valence-electron chi connectivity index (χ0n) is 12.1. The summed E-state index contributed by atoms with van der Waals surface area (Å²) in [4.78, 5) is 17.5. The lowest BCUT2D eigenvalue weighted by Gasteiger charge is -2.33. The second-order valence-corrected chi connectivity index (χ2v) is 6.02. The number of rotatable bonds is 3. The number of nitrogens with one attached hydrogen (secondary N) is 1. The van der Waals surface area contributed by atoms with Crippen LogP contribution in [0.4, 0.5) is 19.0 Å². The van der Waals surface area contributed by atoms with Gasteiger partial charge in [0, 0.05) is 18.8 Å². The molecular formula is C14H15ClF3N3O2.